The maximum atomic E-state index is 14.0. The normalized spacial score (nSPS) is 20.6. The standard InChI is InChI=1S/C32H39F3N4O6/c1-6-27(45-32(33,34)35)24(15-19(2)3)20-7-9-21(10-8-20)25-17-36-29(37-25)26-16-23(42-4)18-39(26)30(40)28(38-31(41)43-5)22-11-13-44-14-12-22/h6-10,15,17,22-23,26,28H,2,11-14,16,18H2,1,3-5H3,(H,36,37)(H,38,41). The molecule has 0 spiro atoms. The van der Waals surface area contributed by atoms with Crippen LogP contribution in [-0.2, 0) is 23.7 Å². The lowest BCUT2D eigenvalue weighted by Gasteiger charge is -2.34. The molecule has 2 aromatic rings. The summed E-state index contributed by atoms with van der Waals surface area (Å²) < 4.78 is 59.4. The second-order valence-electron chi connectivity index (χ2n) is 11.0. The highest BCUT2D eigenvalue weighted by Crippen LogP contribution is 2.36. The van der Waals surface area contributed by atoms with Crippen molar-refractivity contribution in [3.05, 3.63) is 71.9 Å². The number of methoxy groups -OCH3 is 2. The number of halogens is 3. The number of rotatable bonds is 10. The minimum Gasteiger partial charge on any atom is -0.453 e. The molecule has 0 radical (unpaired) electrons. The van der Waals surface area contributed by atoms with Crippen LogP contribution in [0.2, 0.25) is 0 Å². The van der Waals surface area contributed by atoms with Gasteiger partial charge >= 0.3 is 12.5 Å². The smallest absolute Gasteiger partial charge is 0.453 e. The van der Waals surface area contributed by atoms with Crippen LogP contribution in [-0.4, -0.2) is 79.4 Å². The van der Waals surface area contributed by atoms with Crippen molar-refractivity contribution in [2.24, 2.45) is 5.92 Å². The maximum absolute atomic E-state index is 14.0. The minimum absolute atomic E-state index is 0.119. The summed E-state index contributed by atoms with van der Waals surface area (Å²) in [4.78, 5) is 35.8. The summed E-state index contributed by atoms with van der Waals surface area (Å²) in [5.74, 6) is -0.159. The van der Waals surface area contributed by atoms with Crippen LogP contribution in [0.5, 0.6) is 0 Å². The van der Waals surface area contributed by atoms with Gasteiger partial charge in [-0.25, -0.2) is 9.78 Å². The Morgan fingerprint density at radius 1 is 1.20 bits per heavy atom. The number of H-pyrrole nitrogens is 1. The second-order valence-corrected chi connectivity index (χ2v) is 11.0. The number of amides is 2. The summed E-state index contributed by atoms with van der Waals surface area (Å²) in [7, 11) is 2.84. The van der Waals surface area contributed by atoms with Crippen molar-refractivity contribution < 1.29 is 41.7 Å². The van der Waals surface area contributed by atoms with E-state index in [1.54, 1.807) is 49.4 Å². The van der Waals surface area contributed by atoms with Gasteiger partial charge in [0.05, 0.1) is 31.1 Å². The van der Waals surface area contributed by atoms with Crippen molar-refractivity contribution in [3.63, 3.8) is 0 Å². The number of allylic oxidation sites excluding steroid dienone is 4. The van der Waals surface area contributed by atoms with Gasteiger partial charge in [-0.2, -0.15) is 0 Å². The third-order valence-electron chi connectivity index (χ3n) is 7.90. The first kappa shape index (κ1) is 33.8. The Labute approximate surface area is 260 Å². The zero-order valence-corrected chi connectivity index (χ0v) is 25.8. The molecule has 0 saturated carbocycles. The van der Waals surface area contributed by atoms with Crippen molar-refractivity contribution in [2.45, 2.75) is 57.7 Å². The number of carbonyl (C=O) groups excluding carboxylic acids is 2. The summed E-state index contributed by atoms with van der Waals surface area (Å²) in [6, 6.07) is 5.66. The van der Waals surface area contributed by atoms with Gasteiger partial charge in [0.15, 0.2) is 0 Å². The summed E-state index contributed by atoms with van der Waals surface area (Å²) in [5, 5.41) is 2.73. The van der Waals surface area contributed by atoms with Gasteiger partial charge in [-0.3, -0.25) is 4.79 Å². The monoisotopic (exact) mass is 632 g/mol. The van der Waals surface area contributed by atoms with Crippen LogP contribution in [0.3, 0.4) is 0 Å². The van der Waals surface area contributed by atoms with Crippen molar-refractivity contribution in [1.29, 1.82) is 0 Å². The fraction of sp³-hybridized carbons (Fsp3) is 0.469. The number of carbonyl (C=O) groups is 2. The van der Waals surface area contributed by atoms with E-state index in [9.17, 15) is 22.8 Å². The van der Waals surface area contributed by atoms with E-state index in [-0.39, 0.29) is 29.3 Å². The van der Waals surface area contributed by atoms with Gasteiger partial charge in [0.1, 0.15) is 17.6 Å². The van der Waals surface area contributed by atoms with Crippen molar-refractivity contribution in [3.8, 4) is 11.3 Å². The van der Waals surface area contributed by atoms with E-state index in [0.29, 0.717) is 61.7 Å². The summed E-state index contributed by atoms with van der Waals surface area (Å²) in [6.07, 6.45) is 0.396. The fourth-order valence-corrected chi connectivity index (χ4v) is 5.69. The summed E-state index contributed by atoms with van der Waals surface area (Å²) in [6.45, 7) is 8.27. The largest absolute Gasteiger partial charge is 0.573 e. The first-order valence-electron chi connectivity index (χ1n) is 14.6. The lowest BCUT2D eigenvalue weighted by molar-refractivity contribution is -0.302. The van der Waals surface area contributed by atoms with Gasteiger partial charge in [0.25, 0.3) is 0 Å². The first-order valence-corrected chi connectivity index (χ1v) is 14.6. The number of aromatic nitrogens is 2. The van der Waals surface area contributed by atoms with Crippen molar-refractivity contribution in [2.75, 3.05) is 34.0 Å². The number of benzene rings is 1. The van der Waals surface area contributed by atoms with Crippen LogP contribution < -0.4 is 5.32 Å². The zero-order chi connectivity index (χ0) is 32.7. The number of alkyl halides is 3. The molecule has 2 saturated heterocycles. The molecule has 2 fully saturated rings. The number of alkyl carbamates (subject to hydrolysis) is 1. The van der Waals surface area contributed by atoms with Gasteiger partial charge in [-0.15, -0.1) is 13.2 Å². The molecule has 0 bridgehead atoms. The fourth-order valence-electron chi connectivity index (χ4n) is 5.69. The molecule has 10 nitrogen and oxygen atoms in total. The molecule has 244 valence electrons. The third-order valence-corrected chi connectivity index (χ3v) is 7.90. The van der Waals surface area contributed by atoms with Gasteiger partial charge < -0.3 is 34.1 Å². The molecule has 3 atom stereocenters. The molecule has 3 unspecified atom stereocenters. The van der Waals surface area contributed by atoms with E-state index in [2.05, 4.69) is 26.6 Å². The highest BCUT2D eigenvalue weighted by Gasteiger charge is 2.43. The van der Waals surface area contributed by atoms with Crippen LogP contribution in [0.4, 0.5) is 18.0 Å². The Hall–Kier alpha value is -4.10. The highest BCUT2D eigenvalue weighted by molar-refractivity contribution is 5.86. The number of hydrogen-bond donors (Lipinski definition) is 2. The second kappa shape index (κ2) is 14.8. The molecule has 2 aliphatic rings. The molecule has 2 N–H and O–H groups in total. The van der Waals surface area contributed by atoms with Crippen molar-refractivity contribution in [1.82, 2.24) is 20.2 Å². The van der Waals surface area contributed by atoms with Crippen LogP contribution in [0.1, 0.15) is 50.5 Å². The molecule has 3 heterocycles. The highest BCUT2D eigenvalue weighted by atomic mass is 19.4. The molecule has 2 aliphatic heterocycles. The lowest BCUT2D eigenvalue weighted by atomic mass is 9.90. The van der Waals surface area contributed by atoms with E-state index in [1.807, 2.05) is 0 Å². The van der Waals surface area contributed by atoms with Gasteiger partial charge in [0.2, 0.25) is 5.91 Å². The molecule has 45 heavy (non-hydrogen) atoms. The molecular weight excluding hydrogens is 593 g/mol. The molecule has 13 heteroatoms. The van der Waals surface area contributed by atoms with E-state index >= 15 is 0 Å². The number of nitrogens with zero attached hydrogens (tertiary/aromatic N) is 2. The SMILES string of the molecule is C=C(C)C=C(C(=CC)OC(F)(F)F)c1ccc(-c2cnc(C3CC(OC)CN3C(=O)C(NC(=O)OC)C3CCOCC3)[nH]2)cc1. The maximum Gasteiger partial charge on any atom is 0.573 e. The number of hydrogen-bond acceptors (Lipinski definition) is 7. The van der Waals surface area contributed by atoms with E-state index in [4.69, 9.17) is 14.2 Å². The Balaban J connectivity index is 1.59. The number of imidazole rings is 1. The predicted molar refractivity (Wildman–Crippen MR) is 160 cm³/mol. The number of likely N-dealkylation sites (tertiary alicyclic amines) is 1. The zero-order valence-electron chi connectivity index (χ0n) is 25.8. The lowest BCUT2D eigenvalue weighted by Crippen LogP contribution is -2.53. The summed E-state index contributed by atoms with van der Waals surface area (Å²) in [5.41, 5.74) is 2.69. The Morgan fingerprint density at radius 3 is 2.47 bits per heavy atom. The van der Waals surface area contributed by atoms with Gasteiger partial charge in [-0.05, 0) is 55.9 Å². The average molecular weight is 633 g/mol. The van der Waals surface area contributed by atoms with Crippen LogP contribution in [0.15, 0.2) is 60.5 Å². The van der Waals surface area contributed by atoms with Crippen LogP contribution >= 0.6 is 0 Å². The molecule has 1 aromatic heterocycles. The first-order chi connectivity index (χ1) is 21.4. The van der Waals surface area contributed by atoms with E-state index in [0.717, 1.165) is 5.56 Å². The van der Waals surface area contributed by atoms with Gasteiger partial charge in [0, 0.05) is 38.9 Å². The Bertz CT molecular complexity index is 1410. The van der Waals surface area contributed by atoms with Crippen molar-refractivity contribution >= 4 is 17.6 Å². The number of aromatic amines is 1. The van der Waals surface area contributed by atoms with Crippen LogP contribution in [0, 0.1) is 5.92 Å². The molecule has 0 aliphatic carbocycles. The third kappa shape index (κ3) is 8.54. The van der Waals surface area contributed by atoms with Crippen LogP contribution in [0.25, 0.3) is 16.8 Å². The summed E-state index contributed by atoms with van der Waals surface area (Å²) >= 11 is 0. The van der Waals surface area contributed by atoms with E-state index in [1.165, 1.54) is 26.2 Å². The molecular formula is C32H39F3N4O6. The average Bonchev–Trinajstić information content (AvgIpc) is 3.69. The predicted octanol–water partition coefficient (Wildman–Crippen LogP) is 5.92. The Kier molecular flexibility index (Phi) is 11.1. The Morgan fingerprint density at radius 2 is 1.89 bits per heavy atom. The van der Waals surface area contributed by atoms with Gasteiger partial charge in [-0.1, -0.05) is 36.4 Å². The number of nitrogens with one attached hydrogen (secondary N) is 2. The topological polar surface area (TPSA) is 115 Å². The molecule has 4 rings (SSSR count). The minimum atomic E-state index is -4.85. The number of ether oxygens (including phenoxy) is 4. The van der Waals surface area contributed by atoms with E-state index < -0.39 is 24.5 Å². The molecule has 1 aromatic carbocycles. The molecule has 2 amide bonds. The quantitative estimate of drug-likeness (QED) is 0.247.